The average molecular weight is 311 g/mol. The molecule has 0 aliphatic carbocycles. The van der Waals surface area contributed by atoms with Crippen molar-refractivity contribution in [2.24, 2.45) is 0 Å². The van der Waals surface area contributed by atoms with Gasteiger partial charge in [-0.05, 0) is 62.4 Å². The smallest absolute Gasteiger partial charge is 0.265 e. The van der Waals surface area contributed by atoms with Crippen LogP contribution < -0.4 is 10.1 Å². The lowest BCUT2D eigenvalue weighted by Crippen LogP contribution is -2.33. The van der Waals surface area contributed by atoms with Crippen molar-refractivity contribution in [2.75, 3.05) is 5.32 Å². The van der Waals surface area contributed by atoms with Crippen LogP contribution in [-0.4, -0.2) is 12.0 Å². The molecule has 0 saturated carbocycles. The maximum Gasteiger partial charge on any atom is 0.265 e. The summed E-state index contributed by atoms with van der Waals surface area (Å²) in [6.45, 7) is 9.96. The summed E-state index contributed by atoms with van der Waals surface area (Å²) in [7, 11) is 0. The predicted octanol–water partition coefficient (Wildman–Crippen LogP) is 4.72. The largest absolute Gasteiger partial charge is 0.480 e. The molecule has 0 fully saturated rings. The topological polar surface area (TPSA) is 38.3 Å². The predicted molar refractivity (Wildman–Crippen MR) is 95.2 cm³/mol. The third-order valence-corrected chi connectivity index (χ3v) is 4.01. The standard InChI is InChI=1S/C20H25NO2/c1-6-17(23-18-12-13(2)10-11-14(18)3)20(22)21-19-15(4)8-7-9-16(19)5/h7-12,17H,6H2,1-5H3,(H,21,22)/t17-/m0/s1. The third kappa shape index (κ3) is 4.13. The van der Waals surface area contributed by atoms with Gasteiger partial charge in [0.2, 0.25) is 0 Å². The zero-order valence-corrected chi connectivity index (χ0v) is 14.6. The first-order chi connectivity index (χ1) is 10.9. The summed E-state index contributed by atoms with van der Waals surface area (Å²) in [4.78, 5) is 12.6. The normalized spacial score (nSPS) is 11.9. The number of carbonyl (C=O) groups is 1. The molecular formula is C20H25NO2. The molecule has 2 aromatic carbocycles. The Kier molecular flexibility index (Phi) is 5.43. The molecule has 3 heteroatoms. The summed E-state index contributed by atoms with van der Waals surface area (Å²) in [5, 5.41) is 3.02. The number of hydrogen-bond donors (Lipinski definition) is 1. The van der Waals surface area contributed by atoms with Crippen molar-refractivity contribution in [3.63, 3.8) is 0 Å². The summed E-state index contributed by atoms with van der Waals surface area (Å²) in [5.74, 6) is 0.666. The first kappa shape index (κ1) is 17.1. The first-order valence-corrected chi connectivity index (χ1v) is 8.03. The number of rotatable bonds is 5. The summed E-state index contributed by atoms with van der Waals surface area (Å²) in [6.07, 6.45) is 0.110. The lowest BCUT2D eigenvalue weighted by Gasteiger charge is -2.20. The van der Waals surface area contributed by atoms with Crippen LogP contribution in [0.2, 0.25) is 0 Å². The van der Waals surface area contributed by atoms with Crippen molar-refractivity contribution in [3.05, 3.63) is 58.7 Å². The highest BCUT2D eigenvalue weighted by molar-refractivity contribution is 5.95. The Morgan fingerprint density at radius 2 is 1.70 bits per heavy atom. The second-order valence-electron chi connectivity index (χ2n) is 6.04. The van der Waals surface area contributed by atoms with E-state index in [1.54, 1.807) is 0 Å². The van der Waals surface area contributed by atoms with E-state index >= 15 is 0 Å². The molecule has 0 saturated heterocycles. The van der Waals surface area contributed by atoms with E-state index in [-0.39, 0.29) is 5.91 Å². The van der Waals surface area contributed by atoms with E-state index < -0.39 is 6.10 Å². The van der Waals surface area contributed by atoms with E-state index in [9.17, 15) is 4.79 Å². The average Bonchev–Trinajstić information content (AvgIpc) is 2.51. The van der Waals surface area contributed by atoms with Crippen LogP contribution in [0.3, 0.4) is 0 Å². The summed E-state index contributed by atoms with van der Waals surface area (Å²) in [6, 6.07) is 12.0. The quantitative estimate of drug-likeness (QED) is 0.868. The van der Waals surface area contributed by atoms with Gasteiger partial charge in [0.15, 0.2) is 6.10 Å². The van der Waals surface area contributed by atoms with Crippen LogP contribution in [0.5, 0.6) is 5.75 Å². The minimum atomic E-state index is -0.505. The molecule has 23 heavy (non-hydrogen) atoms. The van der Waals surface area contributed by atoms with Crippen molar-refractivity contribution in [2.45, 2.75) is 47.1 Å². The zero-order chi connectivity index (χ0) is 17.0. The first-order valence-electron chi connectivity index (χ1n) is 8.03. The van der Waals surface area contributed by atoms with E-state index in [1.165, 1.54) is 0 Å². The fourth-order valence-corrected chi connectivity index (χ4v) is 2.53. The highest BCUT2D eigenvalue weighted by Gasteiger charge is 2.20. The number of ether oxygens (including phenoxy) is 1. The Morgan fingerprint density at radius 3 is 2.30 bits per heavy atom. The number of aryl methyl sites for hydroxylation is 4. The summed E-state index contributed by atoms with van der Waals surface area (Å²) >= 11 is 0. The Balaban J connectivity index is 2.17. The molecule has 0 aliphatic rings. The molecule has 0 heterocycles. The Bertz CT molecular complexity index is 687. The SMILES string of the molecule is CC[C@H](Oc1cc(C)ccc1C)C(=O)Nc1c(C)cccc1C. The molecular weight excluding hydrogens is 286 g/mol. The van der Waals surface area contributed by atoms with Gasteiger partial charge in [-0.15, -0.1) is 0 Å². The number of nitrogens with one attached hydrogen (secondary N) is 1. The number of hydrogen-bond acceptors (Lipinski definition) is 2. The molecule has 1 atom stereocenters. The fourth-order valence-electron chi connectivity index (χ4n) is 2.53. The zero-order valence-electron chi connectivity index (χ0n) is 14.6. The minimum absolute atomic E-state index is 0.106. The van der Waals surface area contributed by atoms with E-state index in [0.29, 0.717) is 6.42 Å². The molecule has 1 amide bonds. The van der Waals surface area contributed by atoms with Gasteiger partial charge in [0.25, 0.3) is 5.91 Å². The molecule has 0 bridgehead atoms. The molecule has 2 aromatic rings. The van der Waals surface area contributed by atoms with Gasteiger partial charge in [-0.2, -0.15) is 0 Å². The van der Waals surface area contributed by atoms with Gasteiger partial charge in [0.05, 0.1) is 0 Å². The molecule has 0 aromatic heterocycles. The lowest BCUT2D eigenvalue weighted by molar-refractivity contribution is -0.122. The molecule has 1 N–H and O–H groups in total. The van der Waals surface area contributed by atoms with E-state index in [0.717, 1.165) is 33.7 Å². The van der Waals surface area contributed by atoms with E-state index in [1.807, 2.05) is 71.0 Å². The van der Waals surface area contributed by atoms with Crippen molar-refractivity contribution >= 4 is 11.6 Å². The molecule has 122 valence electrons. The summed E-state index contributed by atoms with van der Waals surface area (Å²) < 4.78 is 5.98. The van der Waals surface area contributed by atoms with Crippen LogP contribution in [0.25, 0.3) is 0 Å². The number of anilines is 1. The molecule has 0 aliphatic heterocycles. The maximum atomic E-state index is 12.6. The van der Waals surface area contributed by atoms with Crippen LogP contribution in [-0.2, 0) is 4.79 Å². The highest BCUT2D eigenvalue weighted by Crippen LogP contribution is 2.23. The Labute approximate surface area is 138 Å². The maximum absolute atomic E-state index is 12.6. The second kappa shape index (κ2) is 7.32. The van der Waals surface area contributed by atoms with Gasteiger partial charge >= 0.3 is 0 Å². The van der Waals surface area contributed by atoms with Gasteiger partial charge < -0.3 is 10.1 Å². The van der Waals surface area contributed by atoms with Crippen molar-refractivity contribution in [1.29, 1.82) is 0 Å². The molecule has 2 rings (SSSR count). The molecule has 0 spiro atoms. The van der Waals surface area contributed by atoms with Crippen LogP contribution in [0.15, 0.2) is 36.4 Å². The van der Waals surface area contributed by atoms with Crippen molar-refractivity contribution in [1.82, 2.24) is 0 Å². The van der Waals surface area contributed by atoms with E-state index in [2.05, 4.69) is 5.32 Å². The minimum Gasteiger partial charge on any atom is -0.480 e. The molecule has 3 nitrogen and oxygen atoms in total. The number of amides is 1. The van der Waals surface area contributed by atoms with Crippen molar-refractivity contribution < 1.29 is 9.53 Å². The fraction of sp³-hybridized carbons (Fsp3) is 0.350. The monoisotopic (exact) mass is 311 g/mol. The van der Waals surface area contributed by atoms with Crippen LogP contribution >= 0.6 is 0 Å². The van der Waals surface area contributed by atoms with Gasteiger partial charge in [-0.3, -0.25) is 4.79 Å². The Hall–Kier alpha value is -2.29. The number of carbonyl (C=O) groups excluding carboxylic acids is 1. The number of benzene rings is 2. The van der Waals surface area contributed by atoms with Gasteiger partial charge in [-0.1, -0.05) is 37.3 Å². The van der Waals surface area contributed by atoms with Crippen molar-refractivity contribution in [3.8, 4) is 5.75 Å². The highest BCUT2D eigenvalue weighted by atomic mass is 16.5. The number of para-hydroxylation sites is 1. The lowest BCUT2D eigenvalue weighted by atomic mass is 10.1. The van der Waals surface area contributed by atoms with Crippen LogP contribution in [0.1, 0.15) is 35.6 Å². The second-order valence-corrected chi connectivity index (χ2v) is 6.04. The third-order valence-electron chi connectivity index (χ3n) is 4.01. The van der Waals surface area contributed by atoms with Crippen LogP contribution in [0, 0.1) is 27.7 Å². The van der Waals surface area contributed by atoms with Gasteiger partial charge in [0, 0.05) is 5.69 Å². The van der Waals surface area contributed by atoms with Gasteiger partial charge in [-0.25, -0.2) is 0 Å². The molecule has 0 unspecified atom stereocenters. The van der Waals surface area contributed by atoms with Crippen LogP contribution in [0.4, 0.5) is 5.69 Å². The summed E-state index contributed by atoms with van der Waals surface area (Å²) in [5.41, 5.74) is 5.14. The molecule has 0 radical (unpaired) electrons. The van der Waals surface area contributed by atoms with Gasteiger partial charge in [0.1, 0.15) is 5.75 Å². The van der Waals surface area contributed by atoms with E-state index in [4.69, 9.17) is 4.74 Å². The Morgan fingerprint density at radius 1 is 1.04 bits per heavy atom.